The van der Waals surface area contributed by atoms with Crippen molar-refractivity contribution in [3.63, 3.8) is 0 Å². The van der Waals surface area contributed by atoms with E-state index in [1.54, 1.807) is 0 Å². The number of rotatable bonds is 15. The quantitative estimate of drug-likeness (QED) is 0.149. The SMILES string of the molecule is CC(C)(C)[Si](C)(C)O[C@H](COCc1ccccc1)[C@@H](OCc1ccccc1)[C@@H](OCc1ccccc1)[C@@H]1CO1. The van der Waals surface area contributed by atoms with Gasteiger partial charge in [-0.2, -0.15) is 0 Å². The first-order chi connectivity index (χ1) is 18.7. The van der Waals surface area contributed by atoms with Crippen molar-refractivity contribution in [3.05, 3.63) is 108 Å². The molecular formula is C33H44O5Si. The summed E-state index contributed by atoms with van der Waals surface area (Å²) in [4.78, 5) is 0. The minimum atomic E-state index is -2.17. The number of epoxide rings is 1. The average molecular weight is 549 g/mol. The first-order valence-corrected chi connectivity index (χ1v) is 16.9. The van der Waals surface area contributed by atoms with Crippen LogP contribution < -0.4 is 0 Å². The van der Waals surface area contributed by atoms with Crippen molar-refractivity contribution in [2.24, 2.45) is 0 Å². The molecule has 0 radical (unpaired) electrons. The molecular weight excluding hydrogens is 504 g/mol. The van der Waals surface area contributed by atoms with Gasteiger partial charge in [0.1, 0.15) is 18.3 Å². The lowest BCUT2D eigenvalue weighted by atomic mass is 10.0. The molecule has 0 unspecified atom stereocenters. The summed E-state index contributed by atoms with van der Waals surface area (Å²) in [5.74, 6) is 0. The molecule has 0 amide bonds. The van der Waals surface area contributed by atoms with Gasteiger partial charge < -0.3 is 23.4 Å². The van der Waals surface area contributed by atoms with E-state index in [-0.39, 0.29) is 29.5 Å². The molecule has 0 aliphatic carbocycles. The Morgan fingerprint density at radius 3 is 1.67 bits per heavy atom. The van der Waals surface area contributed by atoms with Gasteiger partial charge in [0.15, 0.2) is 8.32 Å². The van der Waals surface area contributed by atoms with E-state index in [4.69, 9.17) is 23.4 Å². The minimum Gasteiger partial charge on any atom is -0.409 e. The predicted octanol–water partition coefficient (Wildman–Crippen LogP) is 7.16. The monoisotopic (exact) mass is 548 g/mol. The summed E-state index contributed by atoms with van der Waals surface area (Å²) in [6.07, 6.45) is -1.01. The number of hydrogen-bond acceptors (Lipinski definition) is 5. The Hall–Kier alpha value is -2.32. The van der Waals surface area contributed by atoms with Crippen LogP contribution in [0.2, 0.25) is 18.1 Å². The molecule has 210 valence electrons. The van der Waals surface area contributed by atoms with E-state index in [0.717, 1.165) is 16.7 Å². The lowest BCUT2D eigenvalue weighted by molar-refractivity contribution is -0.149. The maximum atomic E-state index is 7.06. The largest absolute Gasteiger partial charge is 0.409 e. The Balaban J connectivity index is 1.59. The maximum Gasteiger partial charge on any atom is 0.192 e. The summed E-state index contributed by atoms with van der Waals surface area (Å²) in [6, 6.07) is 30.7. The van der Waals surface area contributed by atoms with Gasteiger partial charge in [-0.1, -0.05) is 112 Å². The zero-order valence-electron chi connectivity index (χ0n) is 24.0. The second kappa shape index (κ2) is 13.8. The van der Waals surface area contributed by atoms with Gasteiger partial charge in [-0.25, -0.2) is 0 Å². The average Bonchev–Trinajstić information content (AvgIpc) is 3.76. The highest BCUT2D eigenvalue weighted by Crippen LogP contribution is 2.39. The molecule has 1 heterocycles. The lowest BCUT2D eigenvalue weighted by Gasteiger charge is -2.42. The molecule has 1 aliphatic rings. The van der Waals surface area contributed by atoms with Crippen LogP contribution >= 0.6 is 0 Å². The molecule has 0 saturated carbocycles. The van der Waals surface area contributed by atoms with Gasteiger partial charge in [0.25, 0.3) is 0 Å². The highest BCUT2D eigenvalue weighted by Gasteiger charge is 2.47. The summed E-state index contributed by atoms with van der Waals surface area (Å²) in [7, 11) is -2.17. The van der Waals surface area contributed by atoms with Crippen LogP contribution in [0.25, 0.3) is 0 Å². The van der Waals surface area contributed by atoms with Crippen molar-refractivity contribution in [1.82, 2.24) is 0 Å². The molecule has 6 heteroatoms. The third-order valence-corrected chi connectivity index (χ3v) is 12.1. The molecule has 1 saturated heterocycles. The van der Waals surface area contributed by atoms with E-state index in [1.807, 2.05) is 54.6 Å². The Morgan fingerprint density at radius 1 is 0.744 bits per heavy atom. The van der Waals surface area contributed by atoms with E-state index in [1.165, 1.54) is 0 Å². The smallest absolute Gasteiger partial charge is 0.192 e. The van der Waals surface area contributed by atoms with Gasteiger partial charge in [-0.05, 0) is 34.8 Å². The molecule has 4 rings (SSSR count). The molecule has 0 aromatic heterocycles. The zero-order chi connectivity index (χ0) is 27.7. The third-order valence-electron chi connectivity index (χ3n) is 7.63. The van der Waals surface area contributed by atoms with Crippen LogP contribution in [-0.2, 0) is 43.2 Å². The van der Waals surface area contributed by atoms with Crippen LogP contribution in [0.5, 0.6) is 0 Å². The minimum absolute atomic E-state index is 0.0329. The molecule has 0 spiro atoms. The van der Waals surface area contributed by atoms with Crippen LogP contribution in [0.4, 0.5) is 0 Å². The fourth-order valence-electron chi connectivity index (χ4n) is 4.22. The van der Waals surface area contributed by atoms with Crippen LogP contribution in [0, 0.1) is 0 Å². The first-order valence-electron chi connectivity index (χ1n) is 13.9. The standard InChI is InChI=1S/C33H44O5Si/c1-33(2,3)39(4,5)38-30(24-34-21-26-15-9-6-10-16-26)32(37-23-28-19-13-8-14-20-28)31(29-25-35-29)36-22-27-17-11-7-12-18-27/h6-20,29-32H,21-25H2,1-5H3/t29-,30+,31-,32+/m0/s1. The fourth-order valence-corrected chi connectivity index (χ4v) is 5.54. The number of ether oxygens (including phenoxy) is 4. The van der Waals surface area contributed by atoms with Crippen LogP contribution in [0.3, 0.4) is 0 Å². The molecule has 3 aromatic carbocycles. The van der Waals surface area contributed by atoms with Gasteiger partial charge in [0, 0.05) is 0 Å². The molecule has 3 aromatic rings. The normalized spacial score (nSPS) is 17.9. The molecule has 1 aliphatic heterocycles. The van der Waals surface area contributed by atoms with Gasteiger partial charge in [0.2, 0.25) is 0 Å². The zero-order valence-corrected chi connectivity index (χ0v) is 25.0. The van der Waals surface area contributed by atoms with Gasteiger partial charge >= 0.3 is 0 Å². The Labute approximate surface area is 235 Å². The second-order valence-electron chi connectivity index (χ2n) is 11.8. The summed E-state index contributed by atoms with van der Waals surface area (Å²) in [5, 5.41) is 0.0329. The molecule has 0 N–H and O–H groups in total. The van der Waals surface area contributed by atoms with E-state index < -0.39 is 8.32 Å². The Kier molecular flexibility index (Phi) is 10.5. The molecule has 4 atom stereocenters. The van der Waals surface area contributed by atoms with Crippen molar-refractivity contribution in [2.75, 3.05) is 13.2 Å². The van der Waals surface area contributed by atoms with Crippen molar-refractivity contribution in [3.8, 4) is 0 Å². The van der Waals surface area contributed by atoms with E-state index in [2.05, 4.69) is 70.3 Å². The van der Waals surface area contributed by atoms with Crippen molar-refractivity contribution in [2.45, 2.75) is 83.1 Å². The Morgan fingerprint density at radius 2 is 1.21 bits per heavy atom. The topological polar surface area (TPSA) is 49.5 Å². The predicted molar refractivity (Wildman–Crippen MR) is 158 cm³/mol. The summed E-state index contributed by atoms with van der Waals surface area (Å²) < 4.78 is 32.5. The number of benzene rings is 3. The fraction of sp³-hybridized carbons (Fsp3) is 0.455. The summed E-state index contributed by atoms with van der Waals surface area (Å²) in [6.45, 7) is 13.8. The lowest BCUT2D eigenvalue weighted by Crippen LogP contribution is -2.53. The Bertz CT molecular complexity index is 1100. The van der Waals surface area contributed by atoms with Crippen molar-refractivity contribution >= 4 is 8.32 Å². The first kappa shape index (κ1) is 29.7. The van der Waals surface area contributed by atoms with Crippen LogP contribution in [0.15, 0.2) is 91.0 Å². The molecule has 5 nitrogen and oxygen atoms in total. The highest BCUT2D eigenvalue weighted by atomic mass is 28.4. The number of hydrogen-bond donors (Lipinski definition) is 0. The van der Waals surface area contributed by atoms with Crippen molar-refractivity contribution in [1.29, 1.82) is 0 Å². The third kappa shape index (κ3) is 9.10. The van der Waals surface area contributed by atoms with E-state index >= 15 is 0 Å². The summed E-state index contributed by atoms with van der Waals surface area (Å²) >= 11 is 0. The second-order valence-corrected chi connectivity index (χ2v) is 16.6. The van der Waals surface area contributed by atoms with Crippen LogP contribution in [-0.4, -0.2) is 45.9 Å². The van der Waals surface area contributed by atoms with Crippen LogP contribution in [0.1, 0.15) is 37.5 Å². The summed E-state index contributed by atoms with van der Waals surface area (Å²) in [5.41, 5.74) is 3.36. The van der Waals surface area contributed by atoms with Crippen molar-refractivity contribution < 1.29 is 23.4 Å². The van der Waals surface area contributed by atoms with Gasteiger partial charge in [-0.3, -0.25) is 0 Å². The molecule has 1 fully saturated rings. The molecule has 0 bridgehead atoms. The highest BCUT2D eigenvalue weighted by molar-refractivity contribution is 6.74. The van der Waals surface area contributed by atoms with Gasteiger partial charge in [0.05, 0.1) is 39.1 Å². The van der Waals surface area contributed by atoms with E-state index in [0.29, 0.717) is 33.0 Å². The maximum absolute atomic E-state index is 7.06. The van der Waals surface area contributed by atoms with Gasteiger partial charge in [-0.15, -0.1) is 0 Å². The van der Waals surface area contributed by atoms with E-state index in [9.17, 15) is 0 Å². The molecule has 39 heavy (non-hydrogen) atoms.